The average Bonchev–Trinajstić information content (AvgIpc) is 2.95. The second-order valence-electron chi connectivity index (χ2n) is 6.68. The number of ether oxygens (including phenoxy) is 1. The SMILES string of the molecule is CCOc1ccnc(N2CCCN(C(=O)c3cc4ccc(Cl)cc4[nH]3)CC2)n1. The van der Waals surface area contributed by atoms with Gasteiger partial charge in [-0.25, -0.2) is 4.98 Å². The molecule has 0 unspecified atom stereocenters. The number of halogens is 1. The number of nitrogens with one attached hydrogen (secondary N) is 1. The number of hydrogen-bond donors (Lipinski definition) is 1. The van der Waals surface area contributed by atoms with E-state index in [1.165, 1.54) is 0 Å². The fourth-order valence-electron chi connectivity index (χ4n) is 3.42. The number of benzene rings is 1. The van der Waals surface area contributed by atoms with E-state index in [2.05, 4.69) is 19.9 Å². The topological polar surface area (TPSA) is 74.3 Å². The van der Waals surface area contributed by atoms with Crippen molar-refractivity contribution in [2.45, 2.75) is 13.3 Å². The van der Waals surface area contributed by atoms with Gasteiger partial charge in [-0.2, -0.15) is 4.98 Å². The molecule has 3 heterocycles. The Hall–Kier alpha value is -2.80. The molecule has 1 aliphatic heterocycles. The first kappa shape index (κ1) is 18.6. The van der Waals surface area contributed by atoms with Crippen LogP contribution in [-0.2, 0) is 0 Å². The number of hydrogen-bond acceptors (Lipinski definition) is 5. The Bertz CT molecular complexity index is 990. The average molecular weight is 400 g/mol. The molecule has 3 aromatic rings. The molecular weight excluding hydrogens is 378 g/mol. The van der Waals surface area contributed by atoms with Gasteiger partial charge in [0, 0.05) is 54.4 Å². The minimum Gasteiger partial charge on any atom is -0.478 e. The highest BCUT2D eigenvalue weighted by atomic mass is 35.5. The standard InChI is InChI=1S/C20H22ClN5O2/c1-2-28-18-6-7-22-20(24-18)26-9-3-8-25(10-11-26)19(27)17-12-14-4-5-15(21)13-16(14)23-17/h4-7,12-13,23H,2-3,8-11H2,1H3. The number of H-pyrrole nitrogens is 1. The van der Waals surface area contributed by atoms with Gasteiger partial charge in [-0.05, 0) is 31.5 Å². The van der Waals surface area contributed by atoms with Crippen LogP contribution >= 0.6 is 11.6 Å². The molecule has 0 spiro atoms. The number of carbonyl (C=O) groups excluding carboxylic acids is 1. The van der Waals surface area contributed by atoms with E-state index in [0.717, 1.165) is 23.9 Å². The number of nitrogens with zero attached hydrogens (tertiary/aromatic N) is 4. The maximum absolute atomic E-state index is 13.0. The van der Waals surface area contributed by atoms with Gasteiger partial charge in [-0.1, -0.05) is 17.7 Å². The van der Waals surface area contributed by atoms with Gasteiger partial charge >= 0.3 is 0 Å². The summed E-state index contributed by atoms with van der Waals surface area (Å²) in [4.78, 5) is 29.0. The molecule has 146 valence electrons. The lowest BCUT2D eigenvalue weighted by Gasteiger charge is -2.22. The van der Waals surface area contributed by atoms with Gasteiger partial charge in [0.15, 0.2) is 0 Å². The smallest absolute Gasteiger partial charge is 0.270 e. The van der Waals surface area contributed by atoms with Gasteiger partial charge < -0.3 is 19.5 Å². The van der Waals surface area contributed by atoms with Gasteiger partial charge in [0.2, 0.25) is 11.8 Å². The van der Waals surface area contributed by atoms with Crippen molar-refractivity contribution in [2.75, 3.05) is 37.7 Å². The Kier molecular flexibility index (Phi) is 5.34. The first-order valence-electron chi connectivity index (χ1n) is 9.42. The minimum absolute atomic E-state index is 0.00171. The van der Waals surface area contributed by atoms with E-state index < -0.39 is 0 Å². The first-order valence-corrected chi connectivity index (χ1v) is 9.80. The van der Waals surface area contributed by atoms with Crippen LogP contribution in [0.15, 0.2) is 36.5 Å². The van der Waals surface area contributed by atoms with Crippen molar-refractivity contribution in [1.82, 2.24) is 19.9 Å². The lowest BCUT2D eigenvalue weighted by molar-refractivity contribution is 0.0762. The van der Waals surface area contributed by atoms with Gasteiger partial charge in [0.25, 0.3) is 5.91 Å². The van der Waals surface area contributed by atoms with E-state index in [1.54, 1.807) is 12.3 Å². The van der Waals surface area contributed by atoms with Crippen LogP contribution in [0, 0.1) is 0 Å². The summed E-state index contributed by atoms with van der Waals surface area (Å²) in [5.41, 5.74) is 1.45. The molecule has 1 fully saturated rings. The summed E-state index contributed by atoms with van der Waals surface area (Å²) in [6, 6.07) is 9.21. The molecule has 4 rings (SSSR count). The second kappa shape index (κ2) is 8.06. The van der Waals surface area contributed by atoms with E-state index in [9.17, 15) is 4.79 Å². The molecule has 0 aliphatic carbocycles. The maximum atomic E-state index is 13.0. The molecule has 7 nitrogen and oxygen atoms in total. The number of anilines is 1. The lowest BCUT2D eigenvalue weighted by Crippen LogP contribution is -2.35. The van der Waals surface area contributed by atoms with Crippen LogP contribution in [0.2, 0.25) is 5.02 Å². The minimum atomic E-state index is -0.00171. The Labute approximate surface area is 168 Å². The van der Waals surface area contributed by atoms with Crippen molar-refractivity contribution in [3.63, 3.8) is 0 Å². The van der Waals surface area contributed by atoms with Crippen LogP contribution < -0.4 is 9.64 Å². The summed E-state index contributed by atoms with van der Waals surface area (Å²) in [6.07, 6.45) is 2.55. The number of aromatic nitrogens is 3. The highest BCUT2D eigenvalue weighted by Crippen LogP contribution is 2.21. The third kappa shape index (κ3) is 3.89. The lowest BCUT2D eigenvalue weighted by atomic mass is 10.2. The Morgan fingerprint density at radius 2 is 2.11 bits per heavy atom. The molecule has 1 aliphatic rings. The molecule has 1 aromatic carbocycles. The summed E-state index contributed by atoms with van der Waals surface area (Å²) >= 11 is 6.04. The monoisotopic (exact) mass is 399 g/mol. The van der Waals surface area contributed by atoms with Crippen LogP contribution in [0.5, 0.6) is 5.88 Å². The molecule has 0 bridgehead atoms. The second-order valence-corrected chi connectivity index (χ2v) is 7.11. The summed E-state index contributed by atoms with van der Waals surface area (Å²) in [5.74, 6) is 1.21. The molecular formula is C20H22ClN5O2. The number of aromatic amines is 1. The molecule has 2 aromatic heterocycles. The zero-order valence-corrected chi connectivity index (χ0v) is 16.4. The summed E-state index contributed by atoms with van der Waals surface area (Å²) in [7, 11) is 0. The maximum Gasteiger partial charge on any atom is 0.270 e. The fraction of sp³-hybridized carbons (Fsp3) is 0.350. The van der Waals surface area contributed by atoms with E-state index in [0.29, 0.717) is 48.8 Å². The highest BCUT2D eigenvalue weighted by molar-refractivity contribution is 6.31. The summed E-state index contributed by atoms with van der Waals surface area (Å²) < 4.78 is 5.47. The number of fused-ring (bicyclic) bond motifs is 1. The van der Waals surface area contributed by atoms with Crippen LogP contribution in [0.25, 0.3) is 10.9 Å². The summed E-state index contributed by atoms with van der Waals surface area (Å²) in [5, 5.41) is 1.62. The molecule has 1 saturated heterocycles. The predicted molar refractivity (Wildman–Crippen MR) is 109 cm³/mol. The molecule has 28 heavy (non-hydrogen) atoms. The molecule has 8 heteroatoms. The van der Waals surface area contributed by atoms with Gasteiger partial charge in [-0.3, -0.25) is 4.79 Å². The van der Waals surface area contributed by atoms with Crippen LogP contribution in [-0.4, -0.2) is 58.5 Å². The van der Waals surface area contributed by atoms with E-state index in [-0.39, 0.29) is 5.91 Å². The molecule has 1 N–H and O–H groups in total. The molecule has 0 atom stereocenters. The van der Waals surface area contributed by atoms with Crippen molar-refractivity contribution in [3.05, 3.63) is 47.2 Å². The Balaban J connectivity index is 1.47. The van der Waals surface area contributed by atoms with Crippen molar-refractivity contribution in [1.29, 1.82) is 0 Å². The molecule has 1 amide bonds. The van der Waals surface area contributed by atoms with Gasteiger partial charge in [0.05, 0.1) is 6.61 Å². The zero-order valence-electron chi connectivity index (χ0n) is 15.7. The van der Waals surface area contributed by atoms with E-state index in [4.69, 9.17) is 16.3 Å². The van der Waals surface area contributed by atoms with Crippen molar-refractivity contribution < 1.29 is 9.53 Å². The van der Waals surface area contributed by atoms with Gasteiger partial charge in [0.1, 0.15) is 5.69 Å². The van der Waals surface area contributed by atoms with E-state index in [1.807, 2.05) is 36.1 Å². The van der Waals surface area contributed by atoms with Gasteiger partial charge in [-0.15, -0.1) is 0 Å². The van der Waals surface area contributed by atoms with Crippen molar-refractivity contribution in [3.8, 4) is 5.88 Å². The van der Waals surface area contributed by atoms with E-state index >= 15 is 0 Å². The first-order chi connectivity index (χ1) is 13.6. The largest absolute Gasteiger partial charge is 0.478 e. The highest BCUT2D eigenvalue weighted by Gasteiger charge is 2.23. The third-order valence-corrected chi connectivity index (χ3v) is 5.03. The normalized spacial score (nSPS) is 14.9. The zero-order chi connectivity index (χ0) is 19.5. The third-order valence-electron chi connectivity index (χ3n) is 4.79. The van der Waals surface area contributed by atoms with Crippen molar-refractivity contribution in [2.24, 2.45) is 0 Å². The Morgan fingerprint density at radius 1 is 1.21 bits per heavy atom. The van der Waals surface area contributed by atoms with Crippen LogP contribution in [0.4, 0.5) is 5.95 Å². The number of carbonyl (C=O) groups is 1. The van der Waals surface area contributed by atoms with Crippen LogP contribution in [0.3, 0.4) is 0 Å². The predicted octanol–water partition coefficient (Wildman–Crippen LogP) is 3.36. The fourth-order valence-corrected chi connectivity index (χ4v) is 3.59. The number of rotatable bonds is 4. The Morgan fingerprint density at radius 3 is 2.96 bits per heavy atom. The quantitative estimate of drug-likeness (QED) is 0.728. The van der Waals surface area contributed by atoms with Crippen molar-refractivity contribution >= 4 is 34.4 Å². The molecule has 0 saturated carbocycles. The summed E-state index contributed by atoms with van der Waals surface area (Å²) in [6.45, 7) is 5.26. The molecule has 0 radical (unpaired) electrons. The van der Waals surface area contributed by atoms with Crippen LogP contribution in [0.1, 0.15) is 23.8 Å². The number of amides is 1.